The third kappa shape index (κ3) is 3.29. The molecule has 1 aromatic carbocycles. The first-order valence-electron chi connectivity index (χ1n) is 6.38. The maximum atomic E-state index is 13.5. The molecule has 1 aliphatic rings. The van der Waals surface area contributed by atoms with E-state index < -0.39 is 0 Å². The average molecular weight is 250 g/mol. The van der Waals surface area contributed by atoms with Gasteiger partial charge >= 0.3 is 0 Å². The molecular weight excluding hydrogens is 231 g/mol. The van der Waals surface area contributed by atoms with Gasteiger partial charge in [0.05, 0.1) is 0 Å². The number of nitrogens with one attached hydrogen (secondary N) is 2. The SMILES string of the molecule is CC(Cc1ccccc1F)C(=O)NCC1CNC1. The van der Waals surface area contributed by atoms with Crippen molar-refractivity contribution >= 4 is 5.91 Å². The standard InChI is InChI=1S/C14H19FN2O/c1-10(6-12-4-2-3-5-13(12)15)14(18)17-9-11-7-16-8-11/h2-5,10-11,16H,6-9H2,1H3,(H,17,18). The minimum Gasteiger partial charge on any atom is -0.355 e. The number of benzene rings is 1. The van der Waals surface area contributed by atoms with Crippen LogP contribution in [0.4, 0.5) is 4.39 Å². The fraction of sp³-hybridized carbons (Fsp3) is 0.500. The van der Waals surface area contributed by atoms with Crippen LogP contribution in [0.3, 0.4) is 0 Å². The first kappa shape index (κ1) is 13.0. The van der Waals surface area contributed by atoms with Crippen LogP contribution in [0.1, 0.15) is 12.5 Å². The number of carbonyl (C=O) groups is 1. The van der Waals surface area contributed by atoms with Crippen molar-refractivity contribution in [3.05, 3.63) is 35.6 Å². The molecule has 1 unspecified atom stereocenters. The molecule has 1 fully saturated rings. The van der Waals surface area contributed by atoms with E-state index in [9.17, 15) is 9.18 Å². The predicted octanol–water partition coefficient (Wildman–Crippen LogP) is 1.34. The third-order valence-electron chi connectivity index (χ3n) is 3.36. The maximum absolute atomic E-state index is 13.5. The summed E-state index contributed by atoms with van der Waals surface area (Å²) in [5.41, 5.74) is 0.602. The molecule has 0 aliphatic carbocycles. The highest BCUT2D eigenvalue weighted by Crippen LogP contribution is 2.12. The molecule has 1 aliphatic heterocycles. The van der Waals surface area contributed by atoms with Crippen molar-refractivity contribution in [3.63, 3.8) is 0 Å². The van der Waals surface area contributed by atoms with E-state index in [4.69, 9.17) is 0 Å². The van der Waals surface area contributed by atoms with Crippen molar-refractivity contribution in [1.29, 1.82) is 0 Å². The normalized spacial score (nSPS) is 17.0. The first-order valence-corrected chi connectivity index (χ1v) is 6.38. The fourth-order valence-electron chi connectivity index (χ4n) is 2.00. The van der Waals surface area contributed by atoms with Gasteiger partial charge in [-0.3, -0.25) is 4.79 Å². The van der Waals surface area contributed by atoms with E-state index in [1.165, 1.54) is 6.07 Å². The van der Waals surface area contributed by atoms with Gasteiger partial charge in [-0.1, -0.05) is 25.1 Å². The Kier molecular flexibility index (Phi) is 4.31. The van der Waals surface area contributed by atoms with Gasteiger partial charge in [0, 0.05) is 31.5 Å². The van der Waals surface area contributed by atoms with Crippen LogP contribution in [0.25, 0.3) is 0 Å². The highest BCUT2D eigenvalue weighted by Gasteiger charge is 2.20. The van der Waals surface area contributed by atoms with Gasteiger partial charge in [0.1, 0.15) is 5.82 Å². The van der Waals surface area contributed by atoms with Crippen LogP contribution < -0.4 is 10.6 Å². The molecule has 1 atom stereocenters. The van der Waals surface area contributed by atoms with Gasteiger partial charge in [-0.25, -0.2) is 4.39 Å². The molecule has 1 saturated heterocycles. The quantitative estimate of drug-likeness (QED) is 0.828. The van der Waals surface area contributed by atoms with E-state index >= 15 is 0 Å². The molecule has 1 amide bonds. The van der Waals surface area contributed by atoms with E-state index in [-0.39, 0.29) is 17.6 Å². The second-order valence-electron chi connectivity index (χ2n) is 4.97. The van der Waals surface area contributed by atoms with Crippen molar-refractivity contribution < 1.29 is 9.18 Å². The van der Waals surface area contributed by atoms with Crippen molar-refractivity contribution in [2.24, 2.45) is 11.8 Å². The summed E-state index contributed by atoms with van der Waals surface area (Å²) >= 11 is 0. The Morgan fingerprint density at radius 2 is 2.22 bits per heavy atom. The van der Waals surface area contributed by atoms with E-state index in [1.54, 1.807) is 18.2 Å². The average Bonchev–Trinajstić information content (AvgIpc) is 2.30. The first-order chi connectivity index (χ1) is 8.66. The van der Waals surface area contributed by atoms with Crippen molar-refractivity contribution in [3.8, 4) is 0 Å². The van der Waals surface area contributed by atoms with Crippen LogP contribution in [0, 0.1) is 17.7 Å². The number of amides is 1. The van der Waals surface area contributed by atoms with E-state index in [0.717, 1.165) is 13.1 Å². The largest absolute Gasteiger partial charge is 0.355 e. The Morgan fingerprint density at radius 1 is 1.50 bits per heavy atom. The second-order valence-corrected chi connectivity index (χ2v) is 4.97. The summed E-state index contributed by atoms with van der Waals surface area (Å²) in [6.07, 6.45) is 0.446. The number of halogens is 1. The lowest BCUT2D eigenvalue weighted by atomic mass is 9.99. The van der Waals surface area contributed by atoms with Gasteiger partial charge in [0.2, 0.25) is 5.91 Å². The third-order valence-corrected chi connectivity index (χ3v) is 3.36. The van der Waals surface area contributed by atoms with Crippen LogP contribution in [0.5, 0.6) is 0 Å². The lowest BCUT2D eigenvalue weighted by molar-refractivity contribution is -0.124. The Morgan fingerprint density at radius 3 is 2.83 bits per heavy atom. The molecule has 3 nitrogen and oxygen atoms in total. The minimum atomic E-state index is -0.236. The van der Waals surface area contributed by atoms with Crippen LogP contribution in [-0.2, 0) is 11.2 Å². The molecule has 2 rings (SSSR count). The lowest BCUT2D eigenvalue weighted by Gasteiger charge is -2.27. The Labute approximate surface area is 107 Å². The fourth-order valence-corrected chi connectivity index (χ4v) is 2.00. The van der Waals surface area contributed by atoms with E-state index in [1.807, 2.05) is 6.92 Å². The van der Waals surface area contributed by atoms with Gasteiger partial charge < -0.3 is 10.6 Å². The Balaban J connectivity index is 1.81. The maximum Gasteiger partial charge on any atom is 0.223 e. The van der Waals surface area contributed by atoms with Crippen molar-refractivity contribution in [1.82, 2.24) is 10.6 Å². The molecule has 1 heterocycles. The van der Waals surface area contributed by atoms with Gasteiger partial charge in [0.15, 0.2) is 0 Å². The zero-order valence-electron chi connectivity index (χ0n) is 10.6. The Hall–Kier alpha value is -1.42. The molecule has 0 radical (unpaired) electrons. The van der Waals surface area contributed by atoms with Gasteiger partial charge in [-0.05, 0) is 18.1 Å². The summed E-state index contributed by atoms with van der Waals surface area (Å²) in [5, 5.41) is 6.08. The summed E-state index contributed by atoms with van der Waals surface area (Å²) in [4.78, 5) is 11.8. The summed E-state index contributed by atoms with van der Waals surface area (Å²) in [6.45, 7) is 4.50. The van der Waals surface area contributed by atoms with Crippen molar-refractivity contribution in [2.45, 2.75) is 13.3 Å². The monoisotopic (exact) mass is 250 g/mol. The molecule has 0 aromatic heterocycles. The molecule has 0 saturated carbocycles. The van der Waals surface area contributed by atoms with Gasteiger partial charge in [0.25, 0.3) is 0 Å². The van der Waals surface area contributed by atoms with E-state index in [0.29, 0.717) is 24.4 Å². The van der Waals surface area contributed by atoms with Gasteiger partial charge in [-0.15, -0.1) is 0 Å². The Bertz CT molecular complexity index is 418. The minimum absolute atomic E-state index is 0.00477. The molecule has 1 aromatic rings. The lowest BCUT2D eigenvalue weighted by Crippen LogP contribution is -2.48. The summed E-state index contributed by atoms with van der Waals surface area (Å²) in [5.74, 6) is 0.120. The smallest absolute Gasteiger partial charge is 0.223 e. The molecule has 4 heteroatoms. The molecule has 0 spiro atoms. The van der Waals surface area contributed by atoms with Crippen LogP contribution in [0.2, 0.25) is 0 Å². The molecule has 18 heavy (non-hydrogen) atoms. The van der Waals surface area contributed by atoms with Gasteiger partial charge in [-0.2, -0.15) is 0 Å². The topological polar surface area (TPSA) is 41.1 Å². The van der Waals surface area contributed by atoms with Crippen molar-refractivity contribution in [2.75, 3.05) is 19.6 Å². The highest BCUT2D eigenvalue weighted by molar-refractivity contribution is 5.78. The predicted molar refractivity (Wildman–Crippen MR) is 68.6 cm³/mol. The number of hydrogen-bond acceptors (Lipinski definition) is 2. The summed E-state index contributed by atoms with van der Waals surface area (Å²) in [6, 6.07) is 6.62. The zero-order valence-corrected chi connectivity index (χ0v) is 10.6. The summed E-state index contributed by atoms with van der Waals surface area (Å²) in [7, 11) is 0. The van der Waals surface area contributed by atoms with Crippen LogP contribution >= 0.6 is 0 Å². The molecule has 0 bridgehead atoms. The van der Waals surface area contributed by atoms with Crippen LogP contribution in [-0.4, -0.2) is 25.5 Å². The number of carbonyl (C=O) groups excluding carboxylic acids is 1. The van der Waals surface area contributed by atoms with E-state index in [2.05, 4.69) is 10.6 Å². The molecular formula is C14H19FN2O. The second kappa shape index (κ2) is 5.96. The highest BCUT2D eigenvalue weighted by atomic mass is 19.1. The number of rotatable bonds is 5. The molecule has 2 N–H and O–H groups in total. The zero-order chi connectivity index (χ0) is 13.0. The number of hydrogen-bond donors (Lipinski definition) is 2. The summed E-state index contributed by atoms with van der Waals surface area (Å²) < 4.78 is 13.5. The molecule has 98 valence electrons. The van der Waals surface area contributed by atoms with Crippen LogP contribution in [0.15, 0.2) is 24.3 Å².